The van der Waals surface area contributed by atoms with Gasteiger partial charge in [0, 0.05) is 23.3 Å². The highest BCUT2D eigenvalue weighted by Gasteiger charge is 2.49. The van der Waals surface area contributed by atoms with E-state index < -0.39 is 15.9 Å². The van der Waals surface area contributed by atoms with E-state index in [1.54, 1.807) is 11.0 Å². The Balaban J connectivity index is 1.68. The van der Waals surface area contributed by atoms with Gasteiger partial charge in [0.1, 0.15) is 0 Å². The number of carbonyl (C=O) groups excluding carboxylic acids is 1. The first-order valence-electron chi connectivity index (χ1n) is 8.91. The molecule has 0 saturated carbocycles. The van der Waals surface area contributed by atoms with Gasteiger partial charge in [-0.2, -0.15) is 0 Å². The second-order valence-corrected chi connectivity index (χ2v) is 9.86. The topological polar surface area (TPSA) is 57.7 Å². The van der Waals surface area contributed by atoms with Crippen LogP contribution in [0.5, 0.6) is 0 Å². The van der Waals surface area contributed by atoms with E-state index in [1.165, 1.54) is 0 Å². The van der Waals surface area contributed by atoms with Gasteiger partial charge in [-0.15, -0.1) is 0 Å². The molecule has 0 aliphatic carbocycles. The molecule has 0 spiro atoms. The van der Waals surface area contributed by atoms with Crippen molar-refractivity contribution in [2.45, 2.75) is 25.6 Å². The number of fused-ring (bicyclic) bond motifs is 1. The molecule has 0 unspecified atom stereocenters. The van der Waals surface area contributed by atoms with Gasteiger partial charge in [0.25, 0.3) is 0 Å². The van der Waals surface area contributed by atoms with Crippen LogP contribution in [-0.2, 0) is 21.2 Å². The zero-order chi connectivity index (χ0) is 19.2. The number of nitrogens with zero attached hydrogens (tertiary/aromatic N) is 2. The van der Waals surface area contributed by atoms with Crippen molar-refractivity contribution in [2.24, 2.45) is 0 Å². The summed E-state index contributed by atoms with van der Waals surface area (Å²) in [6.45, 7) is 2.65. The Morgan fingerprint density at radius 1 is 1.07 bits per heavy atom. The maximum Gasteiger partial charge on any atom is 0.241 e. The highest BCUT2D eigenvalue weighted by molar-refractivity contribution is 7.91. The van der Waals surface area contributed by atoms with Crippen LogP contribution in [0, 0.1) is 6.92 Å². The molecule has 5 nitrogen and oxygen atoms in total. The fourth-order valence-electron chi connectivity index (χ4n) is 4.02. The largest absolute Gasteiger partial charge is 0.306 e. The molecular formula is C20H21ClN2O3S. The third-order valence-corrected chi connectivity index (χ3v) is 7.47. The van der Waals surface area contributed by atoms with Gasteiger partial charge in [0.15, 0.2) is 9.84 Å². The van der Waals surface area contributed by atoms with Gasteiger partial charge in [-0.25, -0.2) is 8.42 Å². The molecule has 2 aromatic carbocycles. The Bertz CT molecular complexity index is 978. The summed E-state index contributed by atoms with van der Waals surface area (Å²) in [5, 5.41) is 0.574. The molecule has 2 atom stereocenters. The molecule has 7 heteroatoms. The molecule has 2 saturated heterocycles. The number of hydrogen-bond donors (Lipinski definition) is 0. The third-order valence-electron chi connectivity index (χ3n) is 5.36. The predicted molar refractivity (Wildman–Crippen MR) is 107 cm³/mol. The number of piperazine rings is 1. The fourth-order valence-corrected chi connectivity index (χ4v) is 6.17. The number of aryl methyl sites for hydroxylation is 1. The molecule has 0 aromatic heterocycles. The van der Waals surface area contributed by atoms with E-state index in [-0.39, 0.29) is 30.0 Å². The van der Waals surface area contributed by atoms with Crippen LogP contribution in [-0.4, -0.2) is 49.4 Å². The third kappa shape index (κ3) is 3.61. The highest BCUT2D eigenvalue weighted by Crippen LogP contribution is 2.34. The van der Waals surface area contributed by atoms with Crippen LogP contribution in [0.25, 0.3) is 0 Å². The number of rotatable bonds is 3. The second kappa shape index (κ2) is 6.93. The first kappa shape index (κ1) is 18.5. The van der Waals surface area contributed by atoms with E-state index in [9.17, 15) is 13.2 Å². The number of carbonyl (C=O) groups is 1. The zero-order valence-electron chi connectivity index (χ0n) is 15.0. The molecular weight excluding hydrogens is 384 g/mol. The molecule has 2 aliphatic rings. The van der Waals surface area contributed by atoms with Crippen molar-refractivity contribution in [3.05, 3.63) is 64.7 Å². The summed E-state index contributed by atoms with van der Waals surface area (Å²) in [5.74, 6) is -0.0298. The van der Waals surface area contributed by atoms with Crippen LogP contribution < -0.4 is 4.90 Å². The molecule has 0 N–H and O–H groups in total. The van der Waals surface area contributed by atoms with Crippen LogP contribution in [0.2, 0.25) is 5.02 Å². The van der Waals surface area contributed by atoms with Crippen LogP contribution >= 0.6 is 11.6 Å². The minimum atomic E-state index is -3.21. The lowest BCUT2D eigenvalue weighted by atomic mass is 10.0. The summed E-state index contributed by atoms with van der Waals surface area (Å²) in [6, 6.07) is 14.7. The van der Waals surface area contributed by atoms with Crippen LogP contribution in [0.4, 0.5) is 5.69 Å². The lowest BCUT2D eigenvalue weighted by Gasteiger charge is -2.43. The minimum absolute atomic E-state index is 0.0137. The number of anilines is 1. The van der Waals surface area contributed by atoms with Gasteiger partial charge in [-0.05, 0) is 30.2 Å². The second-order valence-electron chi connectivity index (χ2n) is 7.30. The molecule has 2 heterocycles. The molecule has 4 rings (SSSR count). The van der Waals surface area contributed by atoms with Crippen LogP contribution in [0.15, 0.2) is 48.5 Å². The monoisotopic (exact) mass is 404 g/mol. The fraction of sp³-hybridized carbons (Fsp3) is 0.350. The van der Waals surface area contributed by atoms with Gasteiger partial charge in [-0.3, -0.25) is 9.69 Å². The Morgan fingerprint density at radius 3 is 2.48 bits per heavy atom. The smallest absolute Gasteiger partial charge is 0.241 e. The summed E-state index contributed by atoms with van der Waals surface area (Å²) in [4.78, 5) is 16.6. The van der Waals surface area contributed by atoms with Gasteiger partial charge in [0.05, 0.1) is 24.1 Å². The summed E-state index contributed by atoms with van der Waals surface area (Å²) in [6.07, 6.45) is 0. The Hall–Kier alpha value is -1.89. The first-order valence-corrected chi connectivity index (χ1v) is 11.1. The van der Waals surface area contributed by atoms with Gasteiger partial charge in [0.2, 0.25) is 5.91 Å². The Morgan fingerprint density at radius 2 is 1.78 bits per heavy atom. The van der Waals surface area contributed by atoms with Crippen molar-refractivity contribution in [1.29, 1.82) is 0 Å². The average Bonchev–Trinajstić information content (AvgIpc) is 2.94. The first-order chi connectivity index (χ1) is 12.8. The number of amides is 1. The molecule has 142 valence electrons. The summed E-state index contributed by atoms with van der Waals surface area (Å²) in [7, 11) is -3.21. The van der Waals surface area contributed by atoms with E-state index in [4.69, 9.17) is 11.6 Å². The number of hydrogen-bond acceptors (Lipinski definition) is 4. The molecule has 1 amide bonds. The predicted octanol–water partition coefficient (Wildman–Crippen LogP) is 2.66. The van der Waals surface area contributed by atoms with Crippen molar-refractivity contribution in [3.8, 4) is 0 Å². The minimum Gasteiger partial charge on any atom is -0.306 e. The van der Waals surface area contributed by atoms with E-state index >= 15 is 0 Å². The van der Waals surface area contributed by atoms with E-state index in [0.29, 0.717) is 17.3 Å². The lowest BCUT2D eigenvalue weighted by Crippen LogP contribution is -2.61. The van der Waals surface area contributed by atoms with Crippen molar-refractivity contribution in [2.75, 3.05) is 23.0 Å². The lowest BCUT2D eigenvalue weighted by molar-refractivity contribution is -0.123. The molecule has 2 fully saturated rings. The molecule has 0 bridgehead atoms. The van der Waals surface area contributed by atoms with Crippen molar-refractivity contribution >= 4 is 33.0 Å². The number of benzene rings is 2. The van der Waals surface area contributed by atoms with Crippen molar-refractivity contribution in [1.82, 2.24) is 4.90 Å². The Labute approximate surface area is 164 Å². The van der Waals surface area contributed by atoms with Crippen molar-refractivity contribution in [3.63, 3.8) is 0 Å². The van der Waals surface area contributed by atoms with Gasteiger partial charge < -0.3 is 4.90 Å². The van der Waals surface area contributed by atoms with Crippen molar-refractivity contribution < 1.29 is 13.2 Å². The van der Waals surface area contributed by atoms with Crippen LogP contribution in [0.1, 0.15) is 11.1 Å². The normalized spacial score (nSPS) is 24.8. The zero-order valence-corrected chi connectivity index (χ0v) is 16.6. The standard InChI is InChI=1S/C20H21ClN2O3S/c1-14-7-8-16(9-17(14)21)23-19-13-27(25,26)12-18(19)22(11-20(23)24)10-15-5-3-2-4-6-15/h2-9,18-19H,10-13H2,1H3/t18-,19+/m0/s1. The average molecular weight is 405 g/mol. The van der Waals surface area contributed by atoms with Crippen LogP contribution in [0.3, 0.4) is 0 Å². The van der Waals surface area contributed by atoms with Gasteiger partial charge >= 0.3 is 0 Å². The molecule has 27 heavy (non-hydrogen) atoms. The maximum absolute atomic E-state index is 13.0. The van der Waals surface area contributed by atoms with Gasteiger partial charge in [-0.1, -0.05) is 48.0 Å². The van der Waals surface area contributed by atoms with E-state index in [2.05, 4.69) is 0 Å². The molecule has 2 aliphatic heterocycles. The quantitative estimate of drug-likeness (QED) is 0.789. The number of halogens is 1. The summed E-state index contributed by atoms with van der Waals surface area (Å²) >= 11 is 6.25. The van der Waals surface area contributed by atoms with E-state index in [1.807, 2.05) is 54.3 Å². The summed E-state index contributed by atoms with van der Waals surface area (Å²) in [5.41, 5.74) is 2.66. The molecule has 2 aromatic rings. The van der Waals surface area contributed by atoms with E-state index in [0.717, 1.165) is 11.1 Å². The number of sulfone groups is 1. The molecule has 0 radical (unpaired) electrons. The maximum atomic E-state index is 13.0. The summed E-state index contributed by atoms with van der Waals surface area (Å²) < 4.78 is 24.8. The highest BCUT2D eigenvalue weighted by atomic mass is 35.5. The Kier molecular flexibility index (Phi) is 4.74. The SMILES string of the molecule is Cc1ccc(N2C(=O)CN(Cc3ccccc3)[C@H]3CS(=O)(=O)C[C@H]32)cc1Cl.